The number of likely N-dealkylation sites (tertiary alicyclic amines) is 1. The number of rotatable bonds is 9. The van der Waals surface area contributed by atoms with Crippen LogP contribution in [0.1, 0.15) is 30.9 Å². The van der Waals surface area contributed by atoms with Gasteiger partial charge in [-0.25, -0.2) is 0 Å². The minimum atomic E-state index is -0.887. The third kappa shape index (κ3) is 6.09. The number of aliphatic hydroxyl groups excluding tert-OH is 1. The Morgan fingerprint density at radius 2 is 1.86 bits per heavy atom. The molecule has 3 atom stereocenters. The molecule has 2 aromatic carbocycles. The van der Waals surface area contributed by atoms with E-state index >= 15 is 0 Å². The molecule has 3 saturated heterocycles. The fourth-order valence-electron chi connectivity index (χ4n) is 5.12. The molecule has 3 aliphatic heterocycles. The number of amides is 1. The number of benzene rings is 2. The first-order chi connectivity index (χ1) is 17.5. The van der Waals surface area contributed by atoms with Crippen molar-refractivity contribution in [3.05, 3.63) is 58.1 Å². The summed E-state index contributed by atoms with van der Waals surface area (Å²) in [5, 5.41) is 15.7. The Hall–Kier alpha value is -2.03. The second-order valence-corrected chi connectivity index (χ2v) is 10.8. The summed E-state index contributed by atoms with van der Waals surface area (Å²) >= 11 is 12.5. The number of anilines is 1. The van der Waals surface area contributed by atoms with Crippen LogP contribution in [0.5, 0.6) is 5.75 Å². The van der Waals surface area contributed by atoms with Crippen molar-refractivity contribution in [1.82, 2.24) is 10.2 Å². The molecular weight excluding hydrogens is 501 g/mol. The zero-order chi connectivity index (χ0) is 25.1. The maximum absolute atomic E-state index is 13.3. The van der Waals surface area contributed by atoms with Crippen molar-refractivity contribution in [2.24, 2.45) is 5.92 Å². The molecule has 0 aromatic heterocycles. The standard InChI is InChI=1S/C27H33Cl2N3O4/c28-20-4-6-21(7-5-20)32-12-9-19(14-32)27(34)30-24(15-31-10-1-2-11-31)26(33)18-3-8-25(23(29)13-18)36-22-16-35-17-22/h3-8,13,19,22,24,26,33H,1-2,9-12,14-17H2,(H,30,34)/t19-,24-,26-/m1/s1. The molecule has 0 saturated carbocycles. The van der Waals surface area contributed by atoms with E-state index in [1.165, 1.54) is 0 Å². The van der Waals surface area contributed by atoms with E-state index in [2.05, 4.69) is 15.1 Å². The number of nitrogens with one attached hydrogen (secondary N) is 1. The summed E-state index contributed by atoms with van der Waals surface area (Å²) in [6.45, 7) is 5.11. The first-order valence-electron chi connectivity index (χ1n) is 12.7. The highest BCUT2D eigenvalue weighted by molar-refractivity contribution is 6.32. The lowest BCUT2D eigenvalue weighted by atomic mass is 10.00. The molecule has 0 bridgehead atoms. The van der Waals surface area contributed by atoms with E-state index in [1.807, 2.05) is 30.3 Å². The van der Waals surface area contributed by atoms with Crippen LogP contribution in [0.2, 0.25) is 10.0 Å². The Morgan fingerprint density at radius 1 is 1.11 bits per heavy atom. The number of hydrogen-bond donors (Lipinski definition) is 2. The molecule has 3 heterocycles. The zero-order valence-corrected chi connectivity index (χ0v) is 21.8. The van der Waals surface area contributed by atoms with Gasteiger partial charge in [0, 0.05) is 30.3 Å². The Labute approximate surface area is 222 Å². The van der Waals surface area contributed by atoms with Gasteiger partial charge < -0.3 is 29.7 Å². The first kappa shape index (κ1) is 25.6. The Balaban J connectivity index is 1.25. The lowest BCUT2D eigenvalue weighted by Gasteiger charge is -2.30. The van der Waals surface area contributed by atoms with Gasteiger partial charge in [0.25, 0.3) is 0 Å². The Bertz CT molecular complexity index is 1040. The molecule has 36 heavy (non-hydrogen) atoms. The highest BCUT2D eigenvalue weighted by Gasteiger charge is 2.33. The molecule has 2 N–H and O–H groups in total. The number of halogens is 2. The fourth-order valence-corrected chi connectivity index (χ4v) is 5.48. The average molecular weight is 534 g/mol. The van der Waals surface area contributed by atoms with Gasteiger partial charge in [0.05, 0.1) is 30.2 Å². The van der Waals surface area contributed by atoms with Crippen LogP contribution in [0.4, 0.5) is 5.69 Å². The molecule has 9 heteroatoms. The molecular formula is C27H33Cl2N3O4. The van der Waals surface area contributed by atoms with Gasteiger partial charge >= 0.3 is 0 Å². The van der Waals surface area contributed by atoms with E-state index in [1.54, 1.807) is 12.1 Å². The third-order valence-corrected chi connectivity index (χ3v) is 7.86. The number of hydrogen-bond acceptors (Lipinski definition) is 6. The maximum Gasteiger partial charge on any atom is 0.225 e. The maximum atomic E-state index is 13.3. The zero-order valence-electron chi connectivity index (χ0n) is 20.2. The van der Waals surface area contributed by atoms with E-state index < -0.39 is 12.1 Å². The SMILES string of the molecule is O=C(N[C@H](CN1CCCC1)[C@H](O)c1ccc(OC2COC2)c(Cl)c1)[C@@H]1CCN(c2ccc(Cl)cc2)C1. The van der Waals surface area contributed by atoms with Crippen LogP contribution >= 0.6 is 23.2 Å². The van der Waals surface area contributed by atoms with Crippen molar-refractivity contribution in [1.29, 1.82) is 0 Å². The van der Waals surface area contributed by atoms with E-state index in [-0.39, 0.29) is 17.9 Å². The lowest BCUT2D eigenvalue weighted by molar-refractivity contribution is -0.126. The van der Waals surface area contributed by atoms with Crippen LogP contribution in [0, 0.1) is 5.92 Å². The molecule has 3 aliphatic rings. The van der Waals surface area contributed by atoms with Crippen molar-refractivity contribution in [2.75, 3.05) is 50.8 Å². The van der Waals surface area contributed by atoms with Crippen LogP contribution < -0.4 is 15.0 Å². The highest BCUT2D eigenvalue weighted by Crippen LogP contribution is 2.32. The van der Waals surface area contributed by atoms with Gasteiger partial charge in [-0.3, -0.25) is 4.79 Å². The van der Waals surface area contributed by atoms with Crippen LogP contribution in [0.25, 0.3) is 0 Å². The summed E-state index contributed by atoms with van der Waals surface area (Å²) in [7, 11) is 0. The molecule has 0 radical (unpaired) electrons. The monoisotopic (exact) mass is 533 g/mol. The summed E-state index contributed by atoms with van der Waals surface area (Å²) < 4.78 is 11.0. The summed E-state index contributed by atoms with van der Waals surface area (Å²) in [5.41, 5.74) is 1.73. The van der Waals surface area contributed by atoms with E-state index in [0.29, 0.717) is 47.7 Å². The van der Waals surface area contributed by atoms with Crippen LogP contribution in [-0.2, 0) is 9.53 Å². The number of nitrogens with zero attached hydrogens (tertiary/aromatic N) is 2. The minimum Gasteiger partial charge on any atom is -0.484 e. The number of ether oxygens (including phenoxy) is 2. The molecule has 3 fully saturated rings. The summed E-state index contributed by atoms with van der Waals surface area (Å²) in [6.07, 6.45) is 2.17. The Kier molecular flexibility index (Phi) is 8.23. The molecule has 1 amide bonds. The number of carbonyl (C=O) groups is 1. The van der Waals surface area contributed by atoms with E-state index in [0.717, 1.165) is 44.6 Å². The smallest absolute Gasteiger partial charge is 0.225 e. The lowest BCUT2D eigenvalue weighted by Crippen LogP contribution is -2.48. The van der Waals surface area contributed by atoms with Gasteiger partial charge in [-0.05, 0) is 74.3 Å². The van der Waals surface area contributed by atoms with Crippen LogP contribution in [0.3, 0.4) is 0 Å². The van der Waals surface area contributed by atoms with Gasteiger partial charge in [-0.1, -0.05) is 29.3 Å². The van der Waals surface area contributed by atoms with Crippen LogP contribution in [-0.4, -0.2) is 74.0 Å². The largest absolute Gasteiger partial charge is 0.484 e. The second kappa shape index (κ2) is 11.6. The van der Waals surface area contributed by atoms with Crippen molar-refractivity contribution < 1.29 is 19.4 Å². The molecule has 5 rings (SSSR count). The molecule has 0 spiro atoms. The van der Waals surface area contributed by atoms with Gasteiger partial charge in [0.15, 0.2) is 0 Å². The molecule has 194 valence electrons. The van der Waals surface area contributed by atoms with E-state index in [4.69, 9.17) is 32.7 Å². The molecule has 2 aromatic rings. The Morgan fingerprint density at radius 3 is 2.53 bits per heavy atom. The third-order valence-electron chi connectivity index (χ3n) is 7.31. The predicted octanol–water partition coefficient (Wildman–Crippen LogP) is 3.91. The average Bonchev–Trinajstić information content (AvgIpc) is 3.54. The van der Waals surface area contributed by atoms with Crippen molar-refractivity contribution in [3.8, 4) is 5.75 Å². The van der Waals surface area contributed by atoms with Gasteiger partial charge in [0.1, 0.15) is 18.0 Å². The van der Waals surface area contributed by atoms with Gasteiger partial charge in [0.2, 0.25) is 5.91 Å². The number of aliphatic hydroxyl groups is 1. The summed E-state index contributed by atoms with van der Waals surface area (Å²) in [4.78, 5) is 17.8. The van der Waals surface area contributed by atoms with Crippen molar-refractivity contribution in [3.63, 3.8) is 0 Å². The van der Waals surface area contributed by atoms with Crippen molar-refractivity contribution in [2.45, 2.75) is 37.5 Å². The quantitative estimate of drug-likeness (QED) is 0.509. The molecule has 7 nitrogen and oxygen atoms in total. The predicted molar refractivity (Wildman–Crippen MR) is 141 cm³/mol. The highest BCUT2D eigenvalue weighted by atomic mass is 35.5. The van der Waals surface area contributed by atoms with Gasteiger partial charge in [-0.2, -0.15) is 0 Å². The summed E-state index contributed by atoms with van der Waals surface area (Å²) in [5.74, 6) is 0.415. The second-order valence-electron chi connectivity index (χ2n) is 9.94. The topological polar surface area (TPSA) is 74.3 Å². The number of carbonyl (C=O) groups excluding carboxylic acids is 1. The minimum absolute atomic E-state index is 0.0133. The van der Waals surface area contributed by atoms with Crippen LogP contribution in [0.15, 0.2) is 42.5 Å². The molecule has 0 aliphatic carbocycles. The summed E-state index contributed by atoms with van der Waals surface area (Å²) in [6, 6.07) is 12.6. The molecule has 0 unspecified atom stereocenters. The van der Waals surface area contributed by atoms with Gasteiger partial charge in [-0.15, -0.1) is 0 Å². The fraction of sp³-hybridized carbons (Fsp3) is 0.519. The van der Waals surface area contributed by atoms with Crippen molar-refractivity contribution >= 4 is 34.8 Å². The first-order valence-corrected chi connectivity index (χ1v) is 13.5. The normalized spacial score (nSPS) is 22.3. The van der Waals surface area contributed by atoms with E-state index in [9.17, 15) is 9.90 Å².